The molecular weight excluding hydrogens is 728 g/mol. The molecule has 0 amide bonds. The molecule has 1 fully saturated rings. The maximum Gasteiger partial charge on any atom is 0.310 e. The van der Waals surface area contributed by atoms with Crippen LogP contribution < -0.4 is 0 Å². The second kappa shape index (κ2) is 9.87. The molecule has 0 unspecified atom stereocenters. The van der Waals surface area contributed by atoms with Gasteiger partial charge in [0.25, 0.3) is 0 Å². The van der Waals surface area contributed by atoms with E-state index in [4.69, 9.17) is 18.9 Å². The molecule has 3 heterocycles. The summed E-state index contributed by atoms with van der Waals surface area (Å²) in [6.07, 6.45) is 2.42. The normalized spacial score (nSPS) is 26.7. The third-order valence-corrected chi connectivity index (χ3v) is 17.0. The van der Waals surface area contributed by atoms with Gasteiger partial charge in [0.15, 0.2) is 11.9 Å². The first kappa shape index (κ1) is 34.5. The van der Waals surface area contributed by atoms with Crippen LogP contribution in [-0.2, 0) is 29.5 Å². The summed E-state index contributed by atoms with van der Waals surface area (Å²) in [5.74, 6) is -0.0319. The Morgan fingerprint density at radius 2 is 1.57 bits per heavy atom. The first-order chi connectivity index (χ1) is 19.7. The monoisotopic (exact) mass is 773 g/mol. The Hall–Kier alpha value is -0.803. The van der Waals surface area contributed by atoms with Crippen molar-refractivity contribution < 1.29 is 33.3 Å². The van der Waals surface area contributed by atoms with E-state index >= 15 is 0 Å². The Bertz CT molecular complexity index is 1470. The number of ether oxygens (including phenoxy) is 2. The number of pyridine rings is 1. The molecule has 1 saturated heterocycles. The Kier molecular flexibility index (Phi) is 7.74. The van der Waals surface area contributed by atoms with Gasteiger partial charge in [-0.15, -0.1) is 0 Å². The maximum absolute atomic E-state index is 13.7. The first-order valence-corrected chi connectivity index (χ1v) is 21.2. The van der Waals surface area contributed by atoms with Gasteiger partial charge in [0.1, 0.15) is 10.5 Å². The van der Waals surface area contributed by atoms with Gasteiger partial charge in [-0.1, -0.05) is 80.0 Å². The summed E-state index contributed by atoms with van der Waals surface area (Å²) >= 11 is 2.17. The Labute approximate surface area is 273 Å². The molecule has 2 atom stereocenters. The van der Waals surface area contributed by atoms with Gasteiger partial charge in [-0.3, -0.25) is 4.98 Å². The van der Waals surface area contributed by atoms with Gasteiger partial charge in [-0.2, -0.15) is 0 Å². The zero-order chi connectivity index (χ0) is 33.0. The van der Waals surface area contributed by atoms with E-state index in [0.29, 0.717) is 43.8 Å². The van der Waals surface area contributed by atoms with Crippen LogP contribution in [0.5, 0.6) is 0 Å². The van der Waals surface area contributed by atoms with Crippen LogP contribution in [0.25, 0.3) is 0 Å². The SMILES string of the molecule is CC(C)c1nc2c(c3c1[C@](I)(c1ccc(S(F)(F)(F)(F)F)cc1)OC31CCOCC1)[C@@H](O[Si](C)(C)C(C)(C)C)CC(C)(C)C2. The van der Waals surface area contributed by atoms with E-state index in [9.17, 15) is 19.4 Å². The lowest BCUT2D eigenvalue weighted by atomic mass is 9.70. The maximum atomic E-state index is 13.7. The number of rotatable bonds is 5. The van der Waals surface area contributed by atoms with Crippen molar-refractivity contribution in [1.29, 1.82) is 0 Å². The average Bonchev–Trinajstić information content (AvgIpc) is 3.09. The van der Waals surface area contributed by atoms with Crippen molar-refractivity contribution in [3.8, 4) is 0 Å². The highest BCUT2D eigenvalue weighted by Gasteiger charge is 2.66. The molecule has 0 N–H and O–H groups in total. The van der Waals surface area contributed by atoms with Crippen molar-refractivity contribution >= 4 is 41.1 Å². The molecule has 12 heteroatoms. The number of hydrogen-bond donors (Lipinski definition) is 0. The van der Waals surface area contributed by atoms with E-state index in [2.05, 4.69) is 84.2 Å². The third-order valence-electron chi connectivity index (χ3n) is 9.92. The number of nitrogens with zero attached hydrogens (tertiary/aromatic N) is 1. The minimum absolute atomic E-state index is 0.0319. The summed E-state index contributed by atoms with van der Waals surface area (Å²) in [7, 11) is -12.1. The molecule has 4 nitrogen and oxygen atoms in total. The van der Waals surface area contributed by atoms with E-state index in [1.807, 2.05) is 0 Å². The fraction of sp³-hybridized carbons (Fsp3) is 0.656. The lowest BCUT2D eigenvalue weighted by Gasteiger charge is -2.46. The zero-order valence-electron chi connectivity index (χ0n) is 27.1. The van der Waals surface area contributed by atoms with Crippen molar-refractivity contribution in [2.75, 3.05) is 13.2 Å². The van der Waals surface area contributed by atoms with E-state index in [0.717, 1.165) is 53.1 Å². The summed E-state index contributed by atoms with van der Waals surface area (Å²) in [5, 5.41) is -0.0340. The van der Waals surface area contributed by atoms with E-state index in [1.165, 1.54) is 0 Å². The van der Waals surface area contributed by atoms with Gasteiger partial charge in [-0.05, 0) is 82.6 Å². The van der Waals surface area contributed by atoms with Gasteiger partial charge in [-0.25, -0.2) is 0 Å². The van der Waals surface area contributed by atoms with Crippen LogP contribution in [0.15, 0.2) is 29.2 Å². The van der Waals surface area contributed by atoms with Crippen LogP contribution in [0, 0.1) is 5.41 Å². The summed E-state index contributed by atoms with van der Waals surface area (Å²) in [5.41, 5.74) is 4.18. The molecule has 3 aliphatic rings. The van der Waals surface area contributed by atoms with Crippen molar-refractivity contribution in [3.63, 3.8) is 0 Å². The van der Waals surface area contributed by atoms with E-state index in [1.54, 1.807) is 0 Å². The molecule has 44 heavy (non-hydrogen) atoms. The largest absolute Gasteiger partial charge is 0.410 e. The minimum atomic E-state index is -9.85. The highest BCUT2D eigenvalue weighted by atomic mass is 127. The summed E-state index contributed by atoms with van der Waals surface area (Å²) in [6, 6.07) is 3.25. The van der Waals surface area contributed by atoms with Gasteiger partial charge in [0, 0.05) is 48.4 Å². The molecule has 1 aromatic carbocycles. The average molecular weight is 774 g/mol. The van der Waals surface area contributed by atoms with E-state index in [-0.39, 0.29) is 22.5 Å². The predicted octanol–water partition coefficient (Wildman–Crippen LogP) is 11.6. The molecule has 0 bridgehead atoms. The van der Waals surface area contributed by atoms with Crippen molar-refractivity contribution in [3.05, 3.63) is 57.9 Å². The Balaban J connectivity index is 1.81. The highest BCUT2D eigenvalue weighted by Crippen LogP contribution is 3.02. The van der Waals surface area contributed by atoms with E-state index < -0.39 is 32.6 Å². The molecule has 2 aromatic rings. The first-order valence-electron chi connectivity index (χ1n) is 15.3. The number of halogens is 6. The second-order valence-electron chi connectivity index (χ2n) is 15.5. The van der Waals surface area contributed by atoms with Crippen LogP contribution in [-0.4, -0.2) is 26.5 Å². The van der Waals surface area contributed by atoms with Gasteiger partial charge >= 0.3 is 10.2 Å². The molecule has 0 saturated carbocycles. The fourth-order valence-electron chi connectivity index (χ4n) is 6.68. The number of hydrogen-bond acceptors (Lipinski definition) is 4. The molecule has 0 radical (unpaired) electrons. The lowest BCUT2D eigenvalue weighted by molar-refractivity contribution is -0.128. The number of fused-ring (bicyclic) bond motifs is 4. The molecular formula is C32H45F5INO3SSi. The smallest absolute Gasteiger partial charge is 0.310 e. The topological polar surface area (TPSA) is 40.6 Å². The summed E-state index contributed by atoms with van der Waals surface area (Å²) in [4.78, 5) is 3.41. The highest BCUT2D eigenvalue weighted by molar-refractivity contribution is 14.1. The fourth-order valence-corrected chi connectivity index (χ4v) is 9.93. The van der Waals surface area contributed by atoms with Gasteiger partial charge in [0.05, 0.1) is 11.8 Å². The zero-order valence-corrected chi connectivity index (χ0v) is 31.0. The van der Waals surface area contributed by atoms with Crippen LogP contribution in [0.2, 0.25) is 18.1 Å². The molecule has 1 aliphatic carbocycles. The Morgan fingerprint density at radius 3 is 2.07 bits per heavy atom. The molecule has 248 valence electrons. The summed E-state index contributed by atoms with van der Waals surface area (Å²) < 4.78 is 87.4. The standard InChI is InChI=1S/C32H45F5INO3SSi/c1-20(2)28-27-26(25-23(39-28)18-30(6,7)19-24(25)41-44(8,9)29(3,4)5)31(14-16-40-17-15-31)42-32(27,38)21-10-12-22(13-11-21)43(33,34,35,36)37/h10-13,20,24H,14-19H2,1-9H3/t24-,32-/m0/s1. The molecule has 1 aromatic heterocycles. The molecule has 5 rings (SSSR count). The molecule has 2 aliphatic heterocycles. The predicted molar refractivity (Wildman–Crippen MR) is 177 cm³/mol. The van der Waals surface area contributed by atoms with Gasteiger partial charge in [0.2, 0.25) is 0 Å². The van der Waals surface area contributed by atoms with Crippen LogP contribution in [0.1, 0.15) is 113 Å². The number of aromatic nitrogens is 1. The lowest BCUT2D eigenvalue weighted by Crippen LogP contribution is -2.45. The van der Waals surface area contributed by atoms with Crippen LogP contribution in [0.4, 0.5) is 19.4 Å². The third kappa shape index (κ3) is 6.02. The minimum Gasteiger partial charge on any atom is -0.410 e. The van der Waals surface area contributed by atoms with Crippen molar-refractivity contribution in [2.45, 2.75) is 118 Å². The second-order valence-corrected chi connectivity index (χ2v) is 24.2. The van der Waals surface area contributed by atoms with Crippen LogP contribution >= 0.6 is 32.8 Å². The van der Waals surface area contributed by atoms with Gasteiger partial charge < -0.3 is 13.9 Å². The quantitative estimate of drug-likeness (QED) is 0.131. The van der Waals surface area contributed by atoms with Crippen molar-refractivity contribution in [2.24, 2.45) is 5.41 Å². The number of alkyl halides is 1. The summed E-state index contributed by atoms with van der Waals surface area (Å²) in [6.45, 7) is 20.6. The van der Waals surface area contributed by atoms with Crippen LogP contribution in [0.3, 0.4) is 0 Å². The van der Waals surface area contributed by atoms with Crippen molar-refractivity contribution in [1.82, 2.24) is 4.98 Å². The Morgan fingerprint density at radius 1 is 1.00 bits per heavy atom. The number of benzene rings is 1. The molecule has 1 spiro atoms.